The molecule has 1 atom stereocenters. The zero-order chi connectivity index (χ0) is 13.0. The Bertz CT molecular complexity index is 451. The van der Waals surface area contributed by atoms with Gasteiger partial charge in [-0.25, -0.2) is 0 Å². The molecule has 1 unspecified atom stereocenters. The maximum absolute atomic E-state index is 5.89. The SMILES string of the molecule is CC1CN=C(NCCOc2ccc(Cl)c(Cl)c2)N1. The monoisotopic (exact) mass is 287 g/mol. The summed E-state index contributed by atoms with van der Waals surface area (Å²) < 4.78 is 5.54. The predicted molar refractivity (Wildman–Crippen MR) is 74.9 cm³/mol. The third kappa shape index (κ3) is 3.68. The van der Waals surface area contributed by atoms with Crippen molar-refractivity contribution < 1.29 is 4.74 Å². The van der Waals surface area contributed by atoms with E-state index in [0.717, 1.165) is 12.5 Å². The minimum absolute atomic E-state index is 0.406. The largest absolute Gasteiger partial charge is 0.492 e. The van der Waals surface area contributed by atoms with Gasteiger partial charge in [-0.3, -0.25) is 4.99 Å². The third-order valence-electron chi connectivity index (χ3n) is 2.46. The van der Waals surface area contributed by atoms with Gasteiger partial charge in [0, 0.05) is 12.1 Å². The molecule has 0 aromatic heterocycles. The van der Waals surface area contributed by atoms with Crippen molar-refractivity contribution in [1.29, 1.82) is 0 Å². The highest BCUT2D eigenvalue weighted by molar-refractivity contribution is 6.42. The lowest BCUT2D eigenvalue weighted by molar-refractivity contribution is 0.322. The molecule has 2 rings (SSSR count). The highest BCUT2D eigenvalue weighted by atomic mass is 35.5. The van der Waals surface area contributed by atoms with Crippen molar-refractivity contribution >= 4 is 29.2 Å². The number of nitrogens with one attached hydrogen (secondary N) is 2. The van der Waals surface area contributed by atoms with E-state index in [1.807, 2.05) is 0 Å². The summed E-state index contributed by atoms with van der Waals surface area (Å²) in [4.78, 5) is 4.29. The zero-order valence-electron chi connectivity index (χ0n) is 10.0. The molecule has 0 radical (unpaired) electrons. The zero-order valence-corrected chi connectivity index (χ0v) is 11.6. The van der Waals surface area contributed by atoms with Crippen LogP contribution in [0.15, 0.2) is 23.2 Å². The molecule has 0 spiro atoms. The summed E-state index contributed by atoms with van der Waals surface area (Å²) in [6, 6.07) is 5.62. The predicted octanol–water partition coefficient (Wildman–Crippen LogP) is 2.31. The number of rotatable bonds is 4. The fourth-order valence-corrected chi connectivity index (χ4v) is 1.85. The molecule has 6 heteroatoms. The van der Waals surface area contributed by atoms with Crippen LogP contribution in [-0.4, -0.2) is 31.7 Å². The van der Waals surface area contributed by atoms with Crippen molar-refractivity contribution in [2.75, 3.05) is 19.7 Å². The van der Waals surface area contributed by atoms with Crippen molar-refractivity contribution in [1.82, 2.24) is 10.6 Å². The first kappa shape index (κ1) is 13.3. The number of ether oxygens (including phenoxy) is 1. The molecule has 18 heavy (non-hydrogen) atoms. The third-order valence-corrected chi connectivity index (χ3v) is 3.20. The Morgan fingerprint density at radius 1 is 1.44 bits per heavy atom. The number of nitrogens with zero attached hydrogens (tertiary/aromatic N) is 1. The molecule has 2 N–H and O–H groups in total. The molecule has 4 nitrogen and oxygen atoms in total. The van der Waals surface area contributed by atoms with E-state index in [0.29, 0.717) is 35.0 Å². The minimum atomic E-state index is 0.406. The topological polar surface area (TPSA) is 45.7 Å². The molecule has 0 bridgehead atoms. The molecule has 0 aliphatic carbocycles. The summed E-state index contributed by atoms with van der Waals surface area (Å²) in [6.45, 7) is 4.12. The Hall–Kier alpha value is -1.13. The number of benzene rings is 1. The number of hydrogen-bond acceptors (Lipinski definition) is 4. The van der Waals surface area contributed by atoms with Gasteiger partial charge in [0.1, 0.15) is 12.4 Å². The van der Waals surface area contributed by atoms with Gasteiger partial charge in [-0.1, -0.05) is 23.2 Å². The highest BCUT2D eigenvalue weighted by Gasteiger charge is 2.11. The standard InChI is InChI=1S/C12H15Cl2N3O/c1-8-7-16-12(17-8)15-4-5-18-9-2-3-10(13)11(14)6-9/h2-3,6,8H,4-5,7H2,1H3,(H2,15,16,17). The van der Waals surface area contributed by atoms with Crippen LogP contribution < -0.4 is 15.4 Å². The Morgan fingerprint density at radius 2 is 2.28 bits per heavy atom. The van der Waals surface area contributed by atoms with Gasteiger partial charge in [-0.2, -0.15) is 0 Å². The Labute approximate surface area is 116 Å². The molecule has 0 amide bonds. The Kier molecular flexibility index (Phi) is 4.55. The molecule has 1 aromatic rings. The molecule has 1 aromatic carbocycles. The summed E-state index contributed by atoms with van der Waals surface area (Å²) in [5, 5.41) is 7.40. The molecular weight excluding hydrogens is 273 g/mol. The van der Waals surface area contributed by atoms with Gasteiger partial charge in [-0.15, -0.1) is 0 Å². The molecule has 1 heterocycles. The van der Waals surface area contributed by atoms with Crippen LogP contribution in [0.5, 0.6) is 5.75 Å². The van der Waals surface area contributed by atoms with Gasteiger partial charge in [0.25, 0.3) is 0 Å². The van der Waals surface area contributed by atoms with E-state index < -0.39 is 0 Å². The number of hydrogen-bond donors (Lipinski definition) is 2. The van der Waals surface area contributed by atoms with E-state index in [4.69, 9.17) is 27.9 Å². The molecule has 0 fully saturated rings. The van der Waals surface area contributed by atoms with Gasteiger partial charge >= 0.3 is 0 Å². The van der Waals surface area contributed by atoms with Crippen LogP contribution >= 0.6 is 23.2 Å². The summed E-state index contributed by atoms with van der Waals surface area (Å²) in [5.41, 5.74) is 0. The Balaban J connectivity index is 1.70. The van der Waals surface area contributed by atoms with Gasteiger partial charge in [0.15, 0.2) is 5.96 Å². The van der Waals surface area contributed by atoms with Crippen LogP contribution in [0.3, 0.4) is 0 Å². The van der Waals surface area contributed by atoms with Crippen LogP contribution in [0.25, 0.3) is 0 Å². The smallest absolute Gasteiger partial charge is 0.191 e. The molecule has 1 aliphatic heterocycles. The first-order chi connectivity index (χ1) is 8.65. The molecular formula is C12H15Cl2N3O. The van der Waals surface area contributed by atoms with Crippen LogP contribution in [0.1, 0.15) is 6.92 Å². The maximum Gasteiger partial charge on any atom is 0.191 e. The van der Waals surface area contributed by atoms with E-state index in [-0.39, 0.29) is 0 Å². The van der Waals surface area contributed by atoms with Crippen LogP contribution in [0.2, 0.25) is 10.0 Å². The average Bonchev–Trinajstić information content (AvgIpc) is 2.75. The normalized spacial score (nSPS) is 18.2. The Morgan fingerprint density at radius 3 is 2.94 bits per heavy atom. The quantitative estimate of drug-likeness (QED) is 0.836. The maximum atomic E-state index is 5.89. The van der Waals surface area contributed by atoms with E-state index >= 15 is 0 Å². The second kappa shape index (κ2) is 6.16. The van der Waals surface area contributed by atoms with Crippen LogP contribution in [0.4, 0.5) is 0 Å². The van der Waals surface area contributed by atoms with Crippen LogP contribution in [0, 0.1) is 0 Å². The van der Waals surface area contributed by atoms with Crippen molar-refractivity contribution in [2.45, 2.75) is 13.0 Å². The molecule has 0 saturated carbocycles. The second-order valence-corrected chi connectivity index (χ2v) is 4.90. The van der Waals surface area contributed by atoms with Gasteiger partial charge in [-0.05, 0) is 19.1 Å². The van der Waals surface area contributed by atoms with Gasteiger partial charge in [0.2, 0.25) is 0 Å². The summed E-state index contributed by atoms with van der Waals surface area (Å²) in [7, 11) is 0. The van der Waals surface area contributed by atoms with Crippen molar-refractivity contribution in [3.8, 4) is 5.75 Å². The summed E-state index contributed by atoms with van der Waals surface area (Å²) in [6.07, 6.45) is 0. The number of halogens is 2. The van der Waals surface area contributed by atoms with Gasteiger partial charge < -0.3 is 15.4 Å². The molecule has 1 aliphatic rings. The lowest BCUT2D eigenvalue weighted by Crippen LogP contribution is -2.39. The van der Waals surface area contributed by atoms with Crippen molar-refractivity contribution in [2.24, 2.45) is 4.99 Å². The highest BCUT2D eigenvalue weighted by Crippen LogP contribution is 2.26. The average molecular weight is 288 g/mol. The van der Waals surface area contributed by atoms with E-state index in [1.165, 1.54) is 0 Å². The van der Waals surface area contributed by atoms with E-state index in [1.54, 1.807) is 18.2 Å². The number of guanidine groups is 1. The van der Waals surface area contributed by atoms with E-state index in [9.17, 15) is 0 Å². The molecule has 0 saturated heterocycles. The van der Waals surface area contributed by atoms with E-state index in [2.05, 4.69) is 22.5 Å². The minimum Gasteiger partial charge on any atom is -0.492 e. The summed E-state index contributed by atoms with van der Waals surface area (Å²) in [5.74, 6) is 1.54. The first-order valence-electron chi connectivity index (χ1n) is 5.78. The first-order valence-corrected chi connectivity index (χ1v) is 6.53. The van der Waals surface area contributed by atoms with Crippen molar-refractivity contribution in [3.63, 3.8) is 0 Å². The van der Waals surface area contributed by atoms with Crippen LogP contribution in [-0.2, 0) is 0 Å². The van der Waals surface area contributed by atoms with Crippen molar-refractivity contribution in [3.05, 3.63) is 28.2 Å². The lowest BCUT2D eigenvalue weighted by atomic mass is 10.3. The summed E-state index contributed by atoms with van der Waals surface area (Å²) >= 11 is 11.7. The van der Waals surface area contributed by atoms with Gasteiger partial charge in [0.05, 0.1) is 23.1 Å². The lowest BCUT2D eigenvalue weighted by Gasteiger charge is -2.10. The fraction of sp³-hybridized carbons (Fsp3) is 0.417. The fourth-order valence-electron chi connectivity index (χ4n) is 1.56. The second-order valence-electron chi connectivity index (χ2n) is 4.09. The number of aliphatic imine (C=N–C) groups is 1. The molecule has 98 valence electrons.